The number of aromatic hydroxyl groups is 1. The zero-order valence-corrected chi connectivity index (χ0v) is 16.2. The number of phenolic OH excluding ortho intramolecular Hbond substituents is 1. The van der Waals surface area contributed by atoms with E-state index in [1.54, 1.807) is 29.7 Å². The molecule has 0 amide bonds. The summed E-state index contributed by atoms with van der Waals surface area (Å²) in [5.41, 5.74) is 1.62. The molecule has 0 radical (unpaired) electrons. The molecule has 0 unspecified atom stereocenters. The standard InChI is InChI=1S/C23H18N2O5/c1-3-5-13-14-8-12-10-25-18(20(12)24-17(14)6-7-19(13)26)9-16-15(21(25)27)11-30-22(28)23(16,29)4-2/h1,6-9,26,29H,4-5,10-11H2,2H3/t23-/m0/s1. The van der Waals surface area contributed by atoms with E-state index in [1.165, 1.54) is 0 Å². The molecule has 0 saturated carbocycles. The Hall–Kier alpha value is -3.63. The van der Waals surface area contributed by atoms with E-state index in [0.717, 1.165) is 10.9 Å². The quantitative estimate of drug-likeness (QED) is 0.393. The van der Waals surface area contributed by atoms with Crippen LogP contribution >= 0.6 is 0 Å². The number of benzene rings is 1. The maximum absolute atomic E-state index is 13.2. The van der Waals surface area contributed by atoms with Crippen molar-refractivity contribution in [2.24, 2.45) is 0 Å². The molecule has 5 rings (SSSR count). The second-order valence-electron chi connectivity index (χ2n) is 7.61. The lowest BCUT2D eigenvalue weighted by Gasteiger charge is -2.31. The van der Waals surface area contributed by atoms with Gasteiger partial charge in [-0.3, -0.25) is 4.79 Å². The Morgan fingerprint density at radius 2 is 2.13 bits per heavy atom. The van der Waals surface area contributed by atoms with Gasteiger partial charge in [0.15, 0.2) is 5.60 Å². The highest BCUT2D eigenvalue weighted by atomic mass is 16.6. The lowest BCUT2D eigenvalue weighted by atomic mass is 9.86. The van der Waals surface area contributed by atoms with Crippen LogP contribution in [0.4, 0.5) is 0 Å². The number of terminal acetylenes is 1. The number of hydrogen-bond donors (Lipinski definition) is 2. The number of nitrogens with zero attached hydrogens (tertiary/aromatic N) is 2. The van der Waals surface area contributed by atoms with Crippen LogP contribution in [0.5, 0.6) is 5.75 Å². The van der Waals surface area contributed by atoms with Crippen LogP contribution in [-0.4, -0.2) is 25.7 Å². The molecule has 4 heterocycles. The summed E-state index contributed by atoms with van der Waals surface area (Å²) in [5, 5.41) is 21.9. The molecule has 2 aromatic heterocycles. The van der Waals surface area contributed by atoms with Gasteiger partial charge in [-0.2, -0.15) is 0 Å². The van der Waals surface area contributed by atoms with Gasteiger partial charge in [-0.1, -0.05) is 6.92 Å². The van der Waals surface area contributed by atoms with Gasteiger partial charge in [0, 0.05) is 28.5 Å². The van der Waals surface area contributed by atoms with Crippen LogP contribution in [0.1, 0.15) is 35.6 Å². The molecule has 7 nitrogen and oxygen atoms in total. The van der Waals surface area contributed by atoms with Crippen molar-refractivity contribution in [3.63, 3.8) is 0 Å². The molecule has 0 fully saturated rings. The Kier molecular flexibility index (Phi) is 3.79. The van der Waals surface area contributed by atoms with Crippen LogP contribution in [-0.2, 0) is 34.7 Å². The zero-order valence-electron chi connectivity index (χ0n) is 16.2. The summed E-state index contributed by atoms with van der Waals surface area (Å²) in [6.45, 7) is 1.80. The molecule has 0 bridgehead atoms. The maximum atomic E-state index is 13.2. The number of phenols is 1. The van der Waals surface area contributed by atoms with Crippen molar-refractivity contribution in [2.45, 2.75) is 38.5 Å². The Morgan fingerprint density at radius 3 is 2.87 bits per heavy atom. The van der Waals surface area contributed by atoms with Crippen LogP contribution in [0.3, 0.4) is 0 Å². The van der Waals surface area contributed by atoms with Crippen LogP contribution in [0.25, 0.3) is 22.3 Å². The predicted molar refractivity (Wildman–Crippen MR) is 109 cm³/mol. The zero-order chi connectivity index (χ0) is 21.2. The summed E-state index contributed by atoms with van der Waals surface area (Å²) in [4.78, 5) is 30.1. The van der Waals surface area contributed by atoms with Crippen LogP contribution < -0.4 is 5.56 Å². The number of hydrogen-bond acceptors (Lipinski definition) is 6. The van der Waals surface area contributed by atoms with E-state index in [2.05, 4.69) is 5.92 Å². The number of rotatable bonds is 2. The van der Waals surface area contributed by atoms with Gasteiger partial charge in [0.1, 0.15) is 12.4 Å². The van der Waals surface area contributed by atoms with Gasteiger partial charge in [-0.05, 0) is 30.7 Å². The van der Waals surface area contributed by atoms with Crippen molar-refractivity contribution in [1.82, 2.24) is 9.55 Å². The summed E-state index contributed by atoms with van der Waals surface area (Å²) < 4.78 is 6.66. The number of carbonyl (C=O) groups excluding carboxylic acids is 1. The number of ether oxygens (including phenoxy) is 1. The lowest BCUT2D eigenvalue weighted by molar-refractivity contribution is -0.172. The van der Waals surface area contributed by atoms with Crippen molar-refractivity contribution in [3.05, 3.63) is 56.9 Å². The fourth-order valence-electron chi connectivity index (χ4n) is 4.39. The Bertz CT molecular complexity index is 1360. The van der Waals surface area contributed by atoms with E-state index in [4.69, 9.17) is 16.1 Å². The minimum atomic E-state index is -1.85. The molecule has 0 aliphatic carbocycles. The normalized spacial score (nSPS) is 19.0. The molecule has 0 saturated heterocycles. The molecule has 150 valence electrons. The van der Waals surface area contributed by atoms with E-state index < -0.39 is 11.6 Å². The van der Waals surface area contributed by atoms with Crippen LogP contribution in [0.2, 0.25) is 0 Å². The molecule has 1 atom stereocenters. The summed E-state index contributed by atoms with van der Waals surface area (Å²) in [5.74, 6) is 1.91. The molecule has 0 spiro atoms. The van der Waals surface area contributed by atoms with Crippen molar-refractivity contribution in [1.29, 1.82) is 0 Å². The van der Waals surface area contributed by atoms with Gasteiger partial charge in [0.05, 0.1) is 29.0 Å². The van der Waals surface area contributed by atoms with Crippen molar-refractivity contribution < 1.29 is 19.7 Å². The number of carbonyl (C=O) groups is 1. The Balaban J connectivity index is 1.78. The monoisotopic (exact) mass is 402 g/mol. The topological polar surface area (TPSA) is 102 Å². The molecular formula is C23H18N2O5. The first-order valence-corrected chi connectivity index (χ1v) is 9.64. The SMILES string of the molecule is C#CCc1c(O)ccc2nc3c(cc12)Cn1c-3cc2c(c1=O)COC(=O)[C@]2(O)CC. The molecule has 3 aromatic rings. The number of aliphatic hydroxyl groups is 1. The minimum absolute atomic E-state index is 0.0917. The molecule has 30 heavy (non-hydrogen) atoms. The number of fused-ring (bicyclic) bond motifs is 5. The van der Waals surface area contributed by atoms with E-state index in [1.807, 2.05) is 6.07 Å². The number of pyridine rings is 2. The predicted octanol–water partition coefficient (Wildman–Crippen LogP) is 1.96. The van der Waals surface area contributed by atoms with Gasteiger partial charge in [-0.25, -0.2) is 9.78 Å². The van der Waals surface area contributed by atoms with Crippen LogP contribution in [0.15, 0.2) is 29.1 Å². The van der Waals surface area contributed by atoms with Gasteiger partial charge in [0.2, 0.25) is 0 Å². The van der Waals surface area contributed by atoms with E-state index in [0.29, 0.717) is 29.0 Å². The van der Waals surface area contributed by atoms with Crippen molar-refractivity contribution in [2.75, 3.05) is 0 Å². The highest BCUT2D eigenvalue weighted by Crippen LogP contribution is 2.39. The lowest BCUT2D eigenvalue weighted by Crippen LogP contribution is -2.44. The van der Waals surface area contributed by atoms with Gasteiger partial charge >= 0.3 is 5.97 Å². The maximum Gasteiger partial charge on any atom is 0.343 e. The molecule has 2 aliphatic rings. The fourth-order valence-corrected chi connectivity index (χ4v) is 4.39. The Labute approximate surface area is 171 Å². The average Bonchev–Trinajstić information content (AvgIpc) is 3.10. The summed E-state index contributed by atoms with van der Waals surface area (Å²) in [6.07, 6.45) is 5.80. The van der Waals surface area contributed by atoms with Crippen molar-refractivity contribution in [3.8, 4) is 29.5 Å². The number of cyclic esters (lactones) is 1. The molecular weight excluding hydrogens is 384 g/mol. The fraction of sp³-hybridized carbons (Fsp3) is 0.261. The molecule has 2 N–H and O–H groups in total. The summed E-state index contributed by atoms with van der Waals surface area (Å²) >= 11 is 0. The van der Waals surface area contributed by atoms with E-state index in [9.17, 15) is 19.8 Å². The third-order valence-electron chi connectivity index (χ3n) is 6.06. The molecule has 1 aromatic carbocycles. The van der Waals surface area contributed by atoms with Gasteiger partial charge in [0.25, 0.3) is 5.56 Å². The smallest absolute Gasteiger partial charge is 0.343 e. The first-order valence-electron chi connectivity index (χ1n) is 9.64. The Morgan fingerprint density at radius 1 is 1.33 bits per heavy atom. The van der Waals surface area contributed by atoms with Crippen molar-refractivity contribution >= 4 is 16.9 Å². The minimum Gasteiger partial charge on any atom is -0.508 e. The first-order chi connectivity index (χ1) is 14.4. The summed E-state index contributed by atoms with van der Waals surface area (Å²) in [7, 11) is 0. The van der Waals surface area contributed by atoms with E-state index in [-0.39, 0.29) is 41.9 Å². The van der Waals surface area contributed by atoms with Gasteiger partial charge in [-0.15, -0.1) is 12.3 Å². The van der Waals surface area contributed by atoms with Gasteiger partial charge < -0.3 is 19.5 Å². The highest BCUT2D eigenvalue weighted by molar-refractivity contribution is 5.89. The molecule has 7 heteroatoms. The average molecular weight is 402 g/mol. The number of esters is 1. The first kappa shape index (κ1) is 18.4. The summed E-state index contributed by atoms with van der Waals surface area (Å²) in [6, 6.07) is 6.82. The number of aromatic nitrogens is 2. The molecule has 2 aliphatic heterocycles. The second kappa shape index (κ2) is 6.18. The van der Waals surface area contributed by atoms with Crippen LogP contribution in [0, 0.1) is 12.3 Å². The highest BCUT2D eigenvalue weighted by Gasteiger charge is 2.45. The second-order valence-corrected chi connectivity index (χ2v) is 7.61. The largest absolute Gasteiger partial charge is 0.508 e. The third-order valence-corrected chi connectivity index (χ3v) is 6.06. The van der Waals surface area contributed by atoms with E-state index >= 15 is 0 Å². The third kappa shape index (κ3) is 2.28.